The molecule has 0 aliphatic carbocycles. The van der Waals surface area contributed by atoms with E-state index in [-0.39, 0.29) is 17.3 Å². The second-order valence-corrected chi connectivity index (χ2v) is 6.12. The molecule has 1 aliphatic rings. The summed E-state index contributed by atoms with van der Waals surface area (Å²) < 4.78 is 26.4. The lowest BCUT2D eigenvalue weighted by molar-refractivity contribution is -0.116. The maximum atomic E-state index is 12.0. The average molecular weight is 280 g/mol. The number of amides is 1. The van der Waals surface area contributed by atoms with E-state index in [1.54, 1.807) is 17.0 Å². The number of fused-ring (bicyclic) bond motifs is 1. The minimum atomic E-state index is -3.51. The minimum absolute atomic E-state index is 0.0286. The summed E-state index contributed by atoms with van der Waals surface area (Å²) >= 11 is 0. The van der Waals surface area contributed by atoms with Gasteiger partial charge in [-0.15, -0.1) is 6.58 Å². The molecule has 1 N–H and O–H groups in total. The molecule has 1 aromatic rings. The highest BCUT2D eigenvalue weighted by Gasteiger charge is 2.24. The summed E-state index contributed by atoms with van der Waals surface area (Å²) in [6.45, 7) is 5.78. The fourth-order valence-electron chi connectivity index (χ4n) is 2.12. The van der Waals surface area contributed by atoms with Gasteiger partial charge in [0.2, 0.25) is 15.9 Å². The number of hydrogen-bond donors (Lipinski definition) is 1. The number of hydrogen-bond acceptors (Lipinski definition) is 3. The average Bonchev–Trinajstić information content (AvgIpc) is 2.79. The Hall–Kier alpha value is -1.66. The monoisotopic (exact) mass is 280 g/mol. The van der Waals surface area contributed by atoms with Crippen LogP contribution < -0.4 is 9.62 Å². The molecule has 0 unspecified atom stereocenters. The number of sulfonamides is 1. The van der Waals surface area contributed by atoms with Gasteiger partial charge in [0.05, 0.1) is 4.90 Å². The highest BCUT2D eigenvalue weighted by atomic mass is 32.2. The van der Waals surface area contributed by atoms with E-state index in [4.69, 9.17) is 0 Å². The molecule has 0 bridgehead atoms. The van der Waals surface area contributed by atoms with E-state index in [1.165, 1.54) is 19.1 Å². The Balaban J connectivity index is 2.33. The molecule has 0 radical (unpaired) electrons. The van der Waals surface area contributed by atoms with Gasteiger partial charge in [-0.05, 0) is 30.2 Å². The molecule has 19 heavy (non-hydrogen) atoms. The van der Waals surface area contributed by atoms with Crippen molar-refractivity contribution >= 4 is 21.6 Å². The highest BCUT2D eigenvalue weighted by molar-refractivity contribution is 7.89. The Labute approximate surface area is 113 Å². The molecule has 0 fully saturated rings. The molecule has 2 rings (SSSR count). The first-order valence-corrected chi connectivity index (χ1v) is 7.45. The van der Waals surface area contributed by atoms with E-state index in [2.05, 4.69) is 11.3 Å². The lowest BCUT2D eigenvalue weighted by Crippen LogP contribution is -2.26. The number of anilines is 1. The lowest BCUT2D eigenvalue weighted by Gasteiger charge is -2.14. The molecule has 0 aromatic heterocycles. The molecule has 102 valence electrons. The Morgan fingerprint density at radius 2 is 2.26 bits per heavy atom. The first kappa shape index (κ1) is 13.8. The number of nitrogens with zero attached hydrogens (tertiary/aromatic N) is 1. The quantitative estimate of drug-likeness (QED) is 0.839. The Morgan fingerprint density at radius 1 is 1.53 bits per heavy atom. The number of nitrogens with one attached hydrogen (secondary N) is 1. The van der Waals surface area contributed by atoms with Gasteiger partial charge in [-0.25, -0.2) is 13.1 Å². The van der Waals surface area contributed by atoms with Gasteiger partial charge >= 0.3 is 0 Å². The Kier molecular flexibility index (Phi) is 3.73. The van der Waals surface area contributed by atoms with Crippen LogP contribution in [-0.2, 0) is 21.2 Å². The van der Waals surface area contributed by atoms with Gasteiger partial charge in [0.25, 0.3) is 0 Å². The zero-order chi connectivity index (χ0) is 14.0. The van der Waals surface area contributed by atoms with Crippen molar-refractivity contribution < 1.29 is 13.2 Å². The van der Waals surface area contributed by atoms with Crippen LogP contribution in [0.5, 0.6) is 0 Å². The first-order chi connectivity index (χ1) is 8.95. The van der Waals surface area contributed by atoms with Crippen molar-refractivity contribution in [1.29, 1.82) is 0 Å². The van der Waals surface area contributed by atoms with E-state index in [0.717, 1.165) is 11.3 Å². The summed E-state index contributed by atoms with van der Waals surface area (Å²) in [5.41, 5.74) is 1.69. The molecule has 1 aromatic carbocycles. The van der Waals surface area contributed by atoms with E-state index < -0.39 is 10.0 Å². The van der Waals surface area contributed by atoms with Crippen LogP contribution in [0, 0.1) is 0 Å². The van der Waals surface area contributed by atoms with Gasteiger partial charge in [0, 0.05) is 25.7 Å². The minimum Gasteiger partial charge on any atom is -0.312 e. The van der Waals surface area contributed by atoms with Gasteiger partial charge in [-0.2, -0.15) is 0 Å². The van der Waals surface area contributed by atoms with Crippen LogP contribution in [0.25, 0.3) is 0 Å². The molecule has 0 spiro atoms. The molecule has 1 aliphatic heterocycles. The van der Waals surface area contributed by atoms with Crippen LogP contribution in [0.3, 0.4) is 0 Å². The fourth-order valence-corrected chi connectivity index (χ4v) is 3.17. The lowest BCUT2D eigenvalue weighted by atomic mass is 10.2. The van der Waals surface area contributed by atoms with E-state index in [1.807, 2.05) is 0 Å². The smallest absolute Gasteiger partial charge is 0.240 e. The van der Waals surface area contributed by atoms with E-state index in [9.17, 15) is 13.2 Å². The molecular formula is C13H16N2O3S. The van der Waals surface area contributed by atoms with Gasteiger partial charge in [0.1, 0.15) is 0 Å². The van der Waals surface area contributed by atoms with Crippen molar-refractivity contribution in [2.24, 2.45) is 0 Å². The van der Waals surface area contributed by atoms with Crippen molar-refractivity contribution in [3.05, 3.63) is 36.4 Å². The van der Waals surface area contributed by atoms with E-state index in [0.29, 0.717) is 13.0 Å². The summed E-state index contributed by atoms with van der Waals surface area (Å²) in [6.07, 6.45) is 2.17. The van der Waals surface area contributed by atoms with E-state index >= 15 is 0 Å². The number of rotatable bonds is 4. The zero-order valence-corrected chi connectivity index (χ0v) is 11.5. The fraction of sp³-hybridized carbons (Fsp3) is 0.308. The molecule has 0 saturated carbocycles. The standard InChI is InChI=1S/C13H16N2O3S/c1-3-7-14-19(17,18)12-4-5-13-11(9-12)6-8-15(13)10(2)16/h3-5,9,14H,1,6-8H2,2H3. The van der Waals surface area contributed by atoms with Crippen LogP contribution in [-0.4, -0.2) is 27.4 Å². The molecule has 5 nitrogen and oxygen atoms in total. The third-order valence-electron chi connectivity index (χ3n) is 3.05. The predicted molar refractivity (Wildman–Crippen MR) is 73.6 cm³/mol. The summed E-state index contributed by atoms with van der Waals surface area (Å²) in [7, 11) is -3.51. The summed E-state index contributed by atoms with van der Waals surface area (Å²) in [5, 5.41) is 0. The van der Waals surface area contributed by atoms with Crippen molar-refractivity contribution in [1.82, 2.24) is 4.72 Å². The van der Waals surface area contributed by atoms with Gasteiger partial charge in [-0.1, -0.05) is 6.08 Å². The van der Waals surface area contributed by atoms with Crippen LogP contribution >= 0.6 is 0 Å². The molecular weight excluding hydrogens is 264 g/mol. The number of carbonyl (C=O) groups excluding carboxylic acids is 1. The predicted octanol–water partition coefficient (Wildman–Crippen LogP) is 1.06. The summed E-state index contributed by atoms with van der Waals surface area (Å²) in [5.74, 6) is -0.0286. The molecule has 1 heterocycles. The van der Waals surface area contributed by atoms with Crippen molar-refractivity contribution in [2.45, 2.75) is 18.2 Å². The third kappa shape index (κ3) is 2.69. The van der Waals surface area contributed by atoms with Gasteiger partial charge in [0.15, 0.2) is 0 Å². The molecule has 1 amide bonds. The Morgan fingerprint density at radius 3 is 2.89 bits per heavy atom. The summed E-state index contributed by atoms with van der Waals surface area (Å²) in [6, 6.07) is 4.83. The highest BCUT2D eigenvalue weighted by Crippen LogP contribution is 2.30. The number of carbonyl (C=O) groups is 1. The van der Waals surface area contributed by atoms with Crippen LogP contribution in [0.2, 0.25) is 0 Å². The molecule has 0 saturated heterocycles. The van der Waals surface area contributed by atoms with Crippen molar-refractivity contribution in [3.8, 4) is 0 Å². The zero-order valence-electron chi connectivity index (χ0n) is 10.7. The van der Waals surface area contributed by atoms with Gasteiger partial charge < -0.3 is 4.90 Å². The third-order valence-corrected chi connectivity index (χ3v) is 4.48. The largest absolute Gasteiger partial charge is 0.312 e. The van der Waals surface area contributed by atoms with Crippen LogP contribution in [0.1, 0.15) is 12.5 Å². The first-order valence-electron chi connectivity index (χ1n) is 5.97. The SMILES string of the molecule is C=CCNS(=O)(=O)c1ccc2c(c1)CCN2C(C)=O. The maximum absolute atomic E-state index is 12.0. The Bertz CT molecular complexity index is 623. The van der Waals surface area contributed by atoms with Crippen molar-refractivity contribution in [3.63, 3.8) is 0 Å². The molecule has 6 heteroatoms. The van der Waals surface area contributed by atoms with Crippen molar-refractivity contribution in [2.75, 3.05) is 18.0 Å². The topological polar surface area (TPSA) is 66.5 Å². The second kappa shape index (κ2) is 5.14. The normalized spacial score (nSPS) is 14.3. The second-order valence-electron chi connectivity index (χ2n) is 4.35. The van der Waals surface area contributed by atoms with Gasteiger partial charge in [-0.3, -0.25) is 4.79 Å². The summed E-state index contributed by atoms with van der Waals surface area (Å²) in [4.78, 5) is 13.3. The van der Waals surface area contributed by atoms with Crippen LogP contribution in [0.4, 0.5) is 5.69 Å². The molecule has 0 atom stereocenters. The maximum Gasteiger partial charge on any atom is 0.240 e. The number of benzene rings is 1. The van der Waals surface area contributed by atoms with Crippen LogP contribution in [0.15, 0.2) is 35.7 Å².